The van der Waals surface area contributed by atoms with Crippen LogP contribution in [0.4, 0.5) is 10.5 Å². The number of rotatable bonds is 7. The number of carbonyl (C=O) groups is 3. The molecule has 1 aliphatic rings. The summed E-state index contributed by atoms with van der Waals surface area (Å²) in [4.78, 5) is 37.7. The van der Waals surface area contributed by atoms with Gasteiger partial charge in [-0.1, -0.05) is 35.3 Å². The number of imide groups is 1. The van der Waals surface area contributed by atoms with Crippen LogP contribution in [0.2, 0.25) is 10.0 Å². The van der Waals surface area contributed by atoms with Crippen molar-refractivity contribution in [2.75, 3.05) is 5.32 Å². The SMILES string of the molecule is CC(=O)Nc1ccc(S(=O)(=O)Oc2ccc(/C=C3\SC(=O)N(Cc4ccc(Cl)cc4Cl)C3=O)cc2Br)cc1. The quantitative estimate of drug-likeness (QED) is 0.222. The summed E-state index contributed by atoms with van der Waals surface area (Å²) in [7, 11) is -4.16. The van der Waals surface area contributed by atoms with E-state index in [4.69, 9.17) is 27.4 Å². The summed E-state index contributed by atoms with van der Waals surface area (Å²) in [6.07, 6.45) is 1.53. The first-order chi connectivity index (χ1) is 17.9. The molecule has 4 rings (SSSR count). The fourth-order valence-electron chi connectivity index (χ4n) is 3.36. The van der Waals surface area contributed by atoms with Crippen LogP contribution in [-0.2, 0) is 26.3 Å². The van der Waals surface area contributed by atoms with Gasteiger partial charge in [0.15, 0.2) is 5.75 Å². The molecule has 1 fully saturated rings. The van der Waals surface area contributed by atoms with Crippen molar-refractivity contribution in [3.8, 4) is 5.75 Å². The maximum atomic E-state index is 12.9. The van der Waals surface area contributed by atoms with Crippen molar-refractivity contribution in [3.05, 3.63) is 91.2 Å². The topological polar surface area (TPSA) is 110 Å². The van der Waals surface area contributed by atoms with Crippen molar-refractivity contribution in [3.63, 3.8) is 0 Å². The van der Waals surface area contributed by atoms with Crippen LogP contribution in [0.5, 0.6) is 5.75 Å². The lowest BCUT2D eigenvalue weighted by molar-refractivity contribution is -0.123. The lowest BCUT2D eigenvalue weighted by Crippen LogP contribution is -2.27. The molecule has 38 heavy (non-hydrogen) atoms. The van der Waals surface area contributed by atoms with E-state index in [9.17, 15) is 22.8 Å². The number of hydrogen-bond donors (Lipinski definition) is 1. The maximum Gasteiger partial charge on any atom is 0.339 e. The molecule has 13 heteroatoms. The van der Waals surface area contributed by atoms with Gasteiger partial charge < -0.3 is 9.50 Å². The number of hydrogen-bond acceptors (Lipinski definition) is 7. The van der Waals surface area contributed by atoms with Crippen molar-refractivity contribution in [1.82, 2.24) is 4.90 Å². The number of anilines is 1. The van der Waals surface area contributed by atoms with Gasteiger partial charge in [0, 0.05) is 22.7 Å². The lowest BCUT2D eigenvalue weighted by Gasteiger charge is -2.13. The van der Waals surface area contributed by atoms with E-state index in [1.165, 1.54) is 49.4 Å². The average Bonchev–Trinajstić information content (AvgIpc) is 3.09. The van der Waals surface area contributed by atoms with Crippen molar-refractivity contribution < 1.29 is 27.0 Å². The van der Waals surface area contributed by atoms with Gasteiger partial charge in [0.05, 0.1) is 15.9 Å². The van der Waals surface area contributed by atoms with Crippen LogP contribution in [0.3, 0.4) is 0 Å². The van der Waals surface area contributed by atoms with E-state index in [0.29, 0.717) is 31.3 Å². The minimum absolute atomic E-state index is 0.00185. The zero-order valence-electron chi connectivity index (χ0n) is 19.4. The Hall–Kier alpha value is -2.83. The number of benzene rings is 3. The predicted molar refractivity (Wildman–Crippen MR) is 151 cm³/mol. The zero-order chi connectivity index (χ0) is 27.6. The molecule has 8 nitrogen and oxygen atoms in total. The summed E-state index contributed by atoms with van der Waals surface area (Å²) < 4.78 is 31.0. The summed E-state index contributed by atoms with van der Waals surface area (Å²) in [6.45, 7) is 1.34. The summed E-state index contributed by atoms with van der Waals surface area (Å²) in [5, 5.41) is 2.90. The number of thioether (sulfide) groups is 1. The average molecular weight is 656 g/mol. The molecule has 1 heterocycles. The van der Waals surface area contributed by atoms with E-state index in [1.807, 2.05) is 0 Å². The van der Waals surface area contributed by atoms with E-state index in [0.717, 1.165) is 16.7 Å². The van der Waals surface area contributed by atoms with Gasteiger partial charge in [-0.3, -0.25) is 19.3 Å². The van der Waals surface area contributed by atoms with Crippen LogP contribution in [-0.4, -0.2) is 30.4 Å². The highest BCUT2D eigenvalue weighted by molar-refractivity contribution is 9.10. The number of nitrogens with zero attached hydrogens (tertiary/aromatic N) is 1. The Morgan fingerprint density at radius 2 is 1.79 bits per heavy atom. The second kappa shape index (κ2) is 11.5. The molecule has 0 spiro atoms. The first-order valence-corrected chi connectivity index (χ1v) is 14.5. The molecule has 3 amide bonds. The first-order valence-electron chi connectivity index (χ1n) is 10.7. The van der Waals surface area contributed by atoms with Crippen LogP contribution >= 0.6 is 50.9 Å². The van der Waals surface area contributed by atoms with Gasteiger partial charge in [-0.2, -0.15) is 8.42 Å². The van der Waals surface area contributed by atoms with Gasteiger partial charge in [0.25, 0.3) is 11.1 Å². The third kappa shape index (κ3) is 6.59. The molecule has 0 atom stereocenters. The summed E-state index contributed by atoms with van der Waals surface area (Å²) in [5.41, 5.74) is 1.56. The summed E-state index contributed by atoms with van der Waals surface area (Å²) in [6, 6.07) is 14.9. The third-order valence-electron chi connectivity index (χ3n) is 5.13. The fraction of sp³-hybridized carbons (Fsp3) is 0.0800. The Balaban J connectivity index is 1.49. The fourth-order valence-corrected chi connectivity index (χ4v) is 6.20. The second-order valence-corrected chi connectivity index (χ2v) is 12.2. The highest BCUT2D eigenvalue weighted by atomic mass is 79.9. The van der Waals surface area contributed by atoms with Crippen molar-refractivity contribution in [2.24, 2.45) is 0 Å². The minimum atomic E-state index is -4.16. The van der Waals surface area contributed by atoms with E-state index in [-0.39, 0.29) is 28.0 Å². The molecular weight excluding hydrogens is 639 g/mol. The minimum Gasteiger partial charge on any atom is -0.378 e. The smallest absolute Gasteiger partial charge is 0.339 e. The summed E-state index contributed by atoms with van der Waals surface area (Å²) in [5.74, 6) is -0.733. The van der Waals surface area contributed by atoms with E-state index in [1.54, 1.807) is 24.3 Å². The van der Waals surface area contributed by atoms with Gasteiger partial charge in [-0.15, -0.1) is 0 Å². The molecule has 196 valence electrons. The van der Waals surface area contributed by atoms with Crippen LogP contribution in [0.25, 0.3) is 6.08 Å². The summed E-state index contributed by atoms with van der Waals surface area (Å²) >= 11 is 16.2. The van der Waals surface area contributed by atoms with Gasteiger partial charge >= 0.3 is 10.1 Å². The van der Waals surface area contributed by atoms with E-state index in [2.05, 4.69) is 21.2 Å². The van der Waals surface area contributed by atoms with E-state index < -0.39 is 21.3 Å². The highest BCUT2D eigenvalue weighted by Crippen LogP contribution is 2.36. The molecule has 1 aliphatic heterocycles. The molecule has 1 saturated heterocycles. The van der Waals surface area contributed by atoms with Gasteiger partial charge in [0.2, 0.25) is 5.91 Å². The monoisotopic (exact) mass is 654 g/mol. The van der Waals surface area contributed by atoms with Crippen LogP contribution in [0.1, 0.15) is 18.1 Å². The highest BCUT2D eigenvalue weighted by Gasteiger charge is 2.35. The Morgan fingerprint density at radius 1 is 1.08 bits per heavy atom. The second-order valence-electron chi connectivity index (χ2n) is 7.94. The lowest BCUT2D eigenvalue weighted by atomic mass is 10.2. The molecular formula is C25H17BrCl2N2O6S2. The largest absolute Gasteiger partial charge is 0.378 e. The van der Waals surface area contributed by atoms with Crippen LogP contribution in [0.15, 0.2) is 74.9 Å². The standard InChI is InChI=1S/C25H17BrCl2N2O6S2/c1-14(31)29-18-5-7-19(8-6-18)38(34,35)36-22-9-2-15(10-20(22)26)11-23-24(32)30(25(33)37-23)13-16-3-4-17(27)12-21(16)28/h2-12H,13H2,1H3,(H,29,31)/b23-11-. The molecule has 0 bridgehead atoms. The van der Waals surface area contributed by atoms with Crippen molar-refractivity contribution >= 4 is 89.8 Å². The van der Waals surface area contributed by atoms with Gasteiger partial charge in [-0.25, -0.2) is 0 Å². The van der Waals surface area contributed by atoms with Crippen LogP contribution in [0, 0.1) is 0 Å². The number of carbonyl (C=O) groups excluding carboxylic acids is 3. The van der Waals surface area contributed by atoms with Gasteiger partial charge in [0.1, 0.15) is 4.90 Å². The van der Waals surface area contributed by atoms with Crippen LogP contribution < -0.4 is 9.50 Å². The Bertz CT molecular complexity index is 1590. The Kier molecular flexibility index (Phi) is 8.53. The molecule has 3 aromatic carbocycles. The maximum absolute atomic E-state index is 12.9. The van der Waals surface area contributed by atoms with Gasteiger partial charge in [-0.05, 0) is 93.4 Å². The third-order valence-corrected chi connectivity index (χ3v) is 8.50. The molecule has 0 saturated carbocycles. The molecule has 3 aromatic rings. The number of amides is 3. The normalized spacial score (nSPS) is 14.7. The molecule has 0 radical (unpaired) electrons. The number of halogens is 3. The first kappa shape index (κ1) is 28.2. The molecule has 1 N–H and O–H groups in total. The Morgan fingerprint density at radius 3 is 2.42 bits per heavy atom. The van der Waals surface area contributed by atoms with Crippen molar-refractivity contribution in [1.29, 1.82) is 0 Å². The molecule has 0 aromatic heterocycles. The predicted octanol–water partition coefficient (Wildman–Crippen LogP) is 6.72. The van der Waals surface area contributed by atoms with E-state index >= 15 is 0 Å². The molecule has 0 unspecified atom stereocenters. The Labute approximate surface area is 241 Å². The number of nitrogens with one attached hydrogen (secondary N) is 1. The molecule has 0 aliphatic carbocycles. The zero-order valence-corrected chi connectivity index (χ0v) is 24.1. The van der Waals surface area contributed by atoms with Crippen molar-refractivity contribution in [2.45, 2.75) is 18.4 Å².